The number of amides is 1. The van der Waals surface area contributed by atoms with Gasteiger partial charge in [-0.05, 0) is 67.9 Å². The first-order valence-electron chi connectivity index (χ1n) is 10.4. The Balaban J connectivity index is 1.76. The molecule has 1 aliphatic rings. The minimum atomic E-state index is -0.657. The van der Waals surface area contributed by atoms with E-state index in [1.807, 2.05) is 32.0 Å². The molecule has 2 heterocycles. The van der Waals surface area contributed by atoms with Crippen LogP contribution in [0, 0.1) is 6.92 Å². The largest absolute Gasteiger partial charge is 0.494 e. The molecule has 1 atom stereocenters. The molecule has 6 heteroatoms. The third kappa shape index (κ3) is 3.26. The van der Waals surface area contributed by atoms with E-state index in [9.17, 15) is 9.59 Å². The summed E-state index contributed by atoms with van der Waals surface area (Å²) in [5.41, 5.74) is 2.82. The van der Waals surface area contributed by atoms with Crippen molar-refractivity contribution in [3.8, 4) is 5.75 Å². The lowest BCUT2D eigenvalue weighted by atomic mass is 9.98. The monoisotopic (exact) mass is 445 g/mol. The first-order valence-corrected chi connectivity index (χ1v) is 10.7. The quantitative estimate of drug-likeness (QED) is 0.392. The number of benzene rings is 3. The molecule has 1 aliphatic heterocycles. The zero-order valence-electron chi connectivity index (χ0n) is 17.6. The second kappa shape index (κ2) is 7.84. The molecule has 5 nitrogen and oxygen atoms in total. The highest BCUT2D eigenvalue weighted by Gasteiger charge is 2.43. The number of carbonyl (C=O) groups is 1. The Kier molecular flexibility index (Phi) is 4.98. The minimum Gasteiger partial charge on any atom is -0.494 e. The van der Waals surface area contributed by atoms with Crippen LogP contribution in [-0.4, -0.2) is 12.5 Å². The summed E-state index contributed by atoms with van der Waals surface area (Å²) in [5, 5.41) is 0.980. The number of anilines is 1. The fourth-order valence-electron chi connectivity index (χ4n) is 4.21. The molecule has 0 radical (unpaired) electrons. The first-order chi connectivity index (χ1) is 15.5. The second-order valence-electron chi connectivity index (χ2n) is 7.73. The van der Waals surface area contributed by atoms with E-state index in [0.717, 1.165) is 11.1 Å². The maximum atomic E-state index is 13.6. The van der Waals surface area contributed by atoms with Crippen LogP contribution in [0.1, 0.15) is 40.2 Å². The molecule has 5 rings (SSSR count). The Bertz CT molecular complexity index is 1410. The summed E-state index contributed by atoms with van der Waals surface area (Å²) >= 11 is 6.27. The Morgan fingerprint density at radius 1 is 1.03 bits per heavy atom. The molecule has 1 aromatic heterocycles. The van der Waals surface area contributed by atoms with Crippen LogP contribution in [0.2, 0.25) is 5.02 Å². The molecular weight excluding hydrogens is 426 g/mol. The summed E-state index contributed by atoms with van der Waals surface area (Å²) in [7, 11) is 0. The number of halogens is 1. The van der Waals surface area contributed by atoms with Crippen molar-refractivity contribution in [2.24, 2.45) is 0 Å². The number of hydrogen-bond acceptors (Lipinski definition) is 4. The van der Waals surface area contributed by atoms with Gasteiger partial charge in [0.1, 0.15) is 11.3 Å². The van der Waals surface area contributed by atoms with Gasteiger partial charge in [0.15, 0.2) is 5.43 Å². The number of aryl methyl sites for hydroxylation is 1. The van der Waals surface area contributed by atoms with E-state index in [0.29, 0.717) is 39.6 Å². The Labute approximate surface area is 189 Å². The molecule has 160 valence electrons. The van der Waals surface area contributed by atoms with Crippen LogP contribution in [0.4, 0.5) is 5.69 Å². The SMILES string of the molecule is CCOc1ccc(N2C(=O)c3oc4ccc(C)cc4c(=O)c3C2c2cccc(Cl)c2)cc1. The van der Waals surface area contributed by atoms with Gasteiger partial charge in [-0.25, -0.2) is 0 Å². The molecule has 1 unspecified atom stereocenters. The number of fused-ring (bicyclic) bond motifs is 2. The minimum absolute atomic E-state index is 0.0604. The van der Waals surface area contributed by atoms with Gasteiger partial charge in [-0.15, -0.1) is 0 Å². The van der Waals surface area contributed by atoms with Gasteiger partial charge >= 0.3 is 0 Å². The fraction of sp³-hybridized carbons (Fsp3) is 0.154. The molecule has 0 aliphatic carbocycles. The van der Waals surface area contributed by atoms with Gasteiger partial charge in [0.25, 0.3) is 5.91 Å². The van der Waals surface area contributed by atoms with Gasteiger partial charge < -0.3 is 9.15 Å². The van der Waals surface area contributed by atoms with Crippen molar-refractivity contribution in [1.29, 1.82) is 0 Å². The summed E-state index contributed by atoms with van der Waals surface area (Å²) in [6, 6.07) is 19.1. The summed E-state index contributed by atoms with van der Waals surface area (Å²) in [5.74, 6) is 0.397. The summed E-state index contributed by atoms with van der Waals surface area (Å²) in [4.78, 5) is 28.8. The highest BCUT2D eigenvalue weighted by atomic mass is 35.5. The molecular formula is C26H20ClNO4. The smallest absolute Gasteiger partial charge is 0.295 e. The van der Waals surface area contributed by atoms with Gasteiger partial charge in [0.05, 0.1) is 23.6 Å². The van der Waals surface area contributed by atoms with E-state index in [4.69, 9.17) is 20.8 Å². The third-order valence-electron chi connectivity index (χ3n) is 5.62. The third-order valence-corrected chi connectivity index (χ3v) is 5.85. The Morgan fingerprint density at radius 3 is 2.53 bits per heavy atom. The number of carbonyl (C=O) groups excluding carboxylic acids is 1. The zero-order chi connectivity index (χ0) is 22.4. The molecule has 0 fully saturated rings. The van der Waals surface area contributed by atoms with E-state index in [1.54, 1.807) is 53.4 Å². The molecule has 0 bridgehead atoms. The molecule has 0 N–H and O–H groups in total. The Hall–Kier alpha value is -3.57. The van der Waals surface area contributed by atoms with Crippen molar-refractivity contribution in [1.82, 2.24) is 0 Å². The molecule has 0 saturated carbocycles. The van der Waals surface area contributed by atoms with Gasteiger partial charge in [-0.3, -0.25) is 14.5 Å². The summed E-state index contributed by atoms with van der Waals surface area (Å²) in [6.45, 7) is 4.37. The predicted octanol–water partition coefficient (Wildman–Crippen LogP) is 5.90. The van der Waals surface area contributed by atoms with Crippen LogP contribution in [0.5, 0.6) is 5.75 Å². The average Bonchev–Trinajstić information content (AvgIpc) is 3.08. The van der Waals surface area contributed by atoms with Crippen LogP contribution in [-0.2, 0) is 0 Å². The van der Waals surface area contributed by atoms with Crippen molar-refractivity contribution in [3.63, 3.8) is 0 Å². The van der Waals surface area contributed by atoms with Crippen molar-refractivity contribution >= 4 is 34.2 Å². The van der Waals surface area contributed by atoms with Crippen molar-refractivity contribution < 1.29 is 13.9 Å². The van der Waals surface area contributed by atoms with Gasteiger partial charge in [-0.1, -0.05) is 35.4 Å². The molecule has 32 heavy (non-hydrogen) atoms. The molecule has 0 saturated heterocycles. The van der Waals surface area contributed by atoms with E-state index in [1.165, 1.54) is 0 Å². The number of rotatable bonds is 4. The maximum absolute atomic E-state index is 13.6. The lowest BCUT2D eigenvalue weighted by Crippen LogP contribution is -2.29. The molecule has 0 spiro atoms. The van der Waals surface area contributed by atoms with Crippen LogP contribution >= 0.6 is 11.6 Å². The highest BCUT2D eigenvalue weighted by molar-refractivity contribution is 6.30. The van der Waals surface area contributed by atoms with Crippen LogP contribution in [0.25, 0.3) is 11.0 Å². The van der Waals surface area contributed by atoms with E-state index in [2.05, 4.69) is 0 Å². The van der Waals surface area contributed by atoms with Crippen LogP contribution in [0.15, 0.2) is 75.9 Å². The van der Waals surface area contributed by atoms with Crippen LogP contribution < -0.4 is 15.1 Å². The predicted molar refractivity (Wildman–Crippen MR) is 125 cm³/mol. The Morgan fingerprint density at radius 2 is 1.81 bits per heavy atom. The van der Waals surface area contributed by atoms with E-state index < -0.39 is 6.04 Å². The topological polar surface area (TPSA) is 59.8 Å². The number of ether oxygens (including phenoxy) is 1. The first kappa shape index (κ1) is 20.3. The van der Waals surface area contributed by atoms with Crippen molar-refractivity contribution in [2.75, 3.05) is 11.5 Å². The molecule has 3 aromatic carbocycles. The van der Waals surface area contributed by atoms with Gasteiger partial charge in [0.2, 0.25) is 5.76 Å². The molecule has 4 aromatic rings. The number of hydrogen-bond donors (Lipinski definition) is 0. The standard InChI is InChI=1S/C26H20ClNO4/c1-3-31-19-10-8-18(9-11-19)28-23(16-5-4-6-17(27)14-16)22-24(29)20-13-15(2)7-12-21(20)32-25(22)26(28)30/h4-14,23H,3H2,1-2H3. The van der Waals surface area contributed by atoms with E-state index in [-0.39, 0.29) is 17.1 Å². The number of nitrogens with zero attached hydrogens (tertiary/aromatic N) is 1. The van der Waals surface area contributed by atoms with Crippen molar-refractivity contribution in [3.05, 3.63) is 104 Å². The summed E-state index contributed by atoms with van der Waals surface area (Å²) < 4.78 is 11.5. The van der Waals surface area contributed by atoms with Crippen molar-refractivity contribution in [2.45, 2.75) is 19.9 Å². The zero-order valence-corrected chi connectivity index (χ0v) is 18.3. The van der Waals surface area contributed by atoms with Gasteiger partial charge in [0, 0.05) is 10.7 Å². The lowest BCUT2D eigenvalue weighted by Gasteiger charge is -2.25. The normalized spacial score (nSPS) is 15.3. The highest BCUT2D eigenvalue weighted by Crippen LogP contribution is 2.42. The van der Waals surface area contributed by atoms with Crippen LogP contribution in [0.3, 0.4) is 0 Å². The average molecular weight is 446 g/mol. The van der Waals surface area contributed by atoms with Gasteiger partial charge in [-0.2, -0.15) is 0 Å². The second-order valence-corrected chi connectivity index (χ2v) is 8.17. The summed E-state index contributed by atoms with van der Waals surface area (Å²) in [6.07, 6.45) is 0. The van der Waals surface area contributed by atoms with E-state index >= 15 is 0 Å². The molecule has 1 amide bonds. The lowest BCUT2D eigenvalue weighted by molar-refractivity contribution is 0.0971. The fourth-order valence-corrected chi connectivity index (χ4v) is 4.41. The maximum Gasteiger partial charge on any atom is 0.295 e.